The molecule has 4 N–H and O–H groups in total. The number of halogens is 4. The first-order valence-corrected chi connectivity index (χ1v) is 13.5. The minimum absolute atomic E-state index is 0.0821. The van der Waals surface area contributed by atoms with Crippen molar-refractivity contribution in [2.45, 2.75) is 70.5 Å². The highest BCUT2D eigenvalue weighted by molar-refractivity contribution is 5.97. The summed E-state index contributed by atoms with van der Waals surface area (Å²) in [6.07, 6.45) is -0.878. The van der Waals surface area contributed by atoms with Crippen LogP contribution in [-0.4, -0.2) is 40.2 Å². The van der Waals surface area contributed by atoms with Crippen molar-refractivity contribution in [1.29, 1.82) is 5.26 Å². The number of alkyl halides is 3. The highest BCUT2D eigenvalue weighted by Crippen LogP contribution is 2.55. The number of nitriles is 1. The van der Waals surface area contributed by atoms with Crippen molar-refractivity contribution in [1.82, 2.24) is 15.1 Å². The third-order valence-electron chi connectivity index (χ3n) is 7.66. The van der Waals surface area contributed by atoms with Crippen LogP contribution in [0, 0.1) is 34.9 Å². The molecule has 9 nitrogen and oxygen atoms in total. The predicted molar refractivity (Wildman–Crippen MR) is 140 cm³/mol. The van der Waals surface area contributed by atoms with Crippen molar-refractivity contribution in [3.05, 3.63) is 46.5 Å². The zero-order chi connectivity index (χ0) is 30.2. The van der Waals surface area contributed by atoms with Gasteiger partial charge < -0.3 is 16.4 Å². The maximum atomic E-state index is 15.3. The molecule has 13 heteroatoms. The molecule has 220 valence electrons. The molecule has 0 spiro atoms. The van der Waals surface area contributed by atoms with Crippen LogP contribution in [0.25, 0.3) is 0 Å². The van der Waals surface area contributed by atoms with E-state index in [-0.39, 0.29) is 46.3 Å². The second kappa shape index (κ2) is 11.5. The van der Waals surface area contributed by atoms with Crippen molar-refractivity contribution in [3.63, 3.8) is 0 Å². The zero-order valence-corrected chi connectivity index (χ0v) is 22.9. The van der Waals surface area contributed by atoms with Gasteiger partial charge in [-0.2, -0.15) is 23.5 Å². The molecule has 2 atom stereocenters. The number of hydrogen-bond donors (Lipinski definition) is 3. The Morgan fingerprint density at radius 1 is 1.10 bits per heavy atom. The Kier molecular flexibility index (Phi) is 8.42. The number of nitrogens with two attached hydrogens (primary N) is 1. The van der Waals surface area contributed by atoms with Gasteiger partial charge in [0.1, 0.15) is 18.1 Å². The molecular weight excluding hydrogens is 544 g/mol. The van der Waals surface area contributed by atoms with E-state index in [0.717, 1.165) is 37.8 Å². The van der Waals surface area contributed by atoms with Gasteiger partial charge in [0.2, 0.25) is 11.8 Å². The van der Waals surface area contributed by atoms with Crippen molar-refractivity contribution >= 4 is 23.4 Å². The summed E-state index contributed by atoms with van der Waals surface area (Å²) in [5, 5.41) is 18.6. The molecule has 2 aromatic rings. The SMILES string of the molecule is CC(C(=O)NCC(F)(F)F)c1cc(F)c(NC(=O)[C@H](c2cc(C(N)=O)n(C(C)C)n2)C(C2CC2)C2CC2)cc1C#N. The standard InChI is InChI=1S/C28H32F4N6O3/c1-13(2)38-22(25(34)39)10-21(37-38)24(23(15-4-5-15)16-6-7-16)27(41)36-20-8-17(11-33)18(9-19(20)29)14(3)26(40)35-12-28(30,31)32/h8-10,13-16,23-24H,4-7,12H2,1-3H3,(H2,34,39)(H,35,40)(H,36,41)/t14?,24-/m1/s1. The minimum Gasteiger partial charge on any atom is -0.364 e. The average molecular weight is 577 g/mol. The van der Waals surface area contributed by atoms with Gasteiger partial charge in [0, 0.05) is 6.04 Å². The third kappa shape index (κ3) is 6.86. The predicted octanol–water partition coefficient (Wildman–Crippen LogP) is 4.51. The lowest BCUT2D eigenvalue weighted by Gasteiger charge is -2.25. The van der Waals surface area contributed by atoms with E-state index in [1.165, 1.54) is 17.7 Å². The molecule has 1 aromatic carbocycles. The van der Waals surface area contributed by atoms with Crippen molar-refractivity contribution < 1.29 is 31.9 Å². The molecule has 3 amide bonds. The summed E-state index contributed by atoms with van der Waals surface area (Å²) in [5.41, 5.74) is 5.47. The largest absolute Gasteiger partial charge is 0.405 e. The molecule has 0 bridgehead atoms. The second-order valence-corrected chi connectivity index (χ2v) is 11.2. The van der Waals surface area contributed by atoms with Gasteiger partial charge in [0.25, 0.3) is 5.91 Å². The van der Waals surface area contributed by atoms with E-state index < -0.39 is 48.1 Å². The fourth-order valence-electron chi connectivity index (χ4n) is 5.37. The maximum absolute atomic E-state index is 15.3. The number of hydrogen-bond acceptors (Lipinski definition) is 5. The number of benzene rings is 1. The van der Waals surface area contributed by atoms with Gasteiger partial charge in [-0.15, -0.1) is 0 Å². The lowest BCUT2D eigenvalue weighted by atomic mass is 9.81. The van der Waals surface area contributed by atoms with E-state index in [0.29, 0.717) is 5.69 Å². The van der Waals surface area contributed by atoms with Gasteiger partial charge in [-0.25, -0.2) is 4.39 Å². The number of nitrogens with zero attached hydrogens (tertiary/aromatic N) is 3. The van der Waals surface area contributed by atoms with Gasteiger partial charge in [0.05, 0.1) is 34.8 Å². The molecule has 1 unspecified atom stereocenters. The quantitative estimate of drug-likeness (QED) is 0.337. The average Bonchev–Trinajstić information content (AvgIpc) is 3.84. The van der Waals surface area contributed by atoms with Crippen LogP contribution >= 0.6 is 0 Å². The molecule has 4 rings (SSSR count). The summed E-state index contributed by atoms with van der Waals surface area (Å²) in [5.74, 6) is -4.86. The number of carbonyl (C=O) groups excluding carboxylic acids is 3. The normalized spacial score (nSPS) is 16.8. The number of amides is 3. The highest BCUT2D eigenvalue weighted by atomic mass is 19.4. The summed E-state index contributed by atoms with van der Waals surface area (Å²) in [7, 11) is 0. The Morgan fingerprint density at radius 3 is 2.17 bits per heavy atom. The summed E-state index contributed by atoms with van der Waals surface area (Å²) in [6, 6.07) is 5.07. The first-order chi connectivity index (χ1) is 19.2. The lowest BCUT2D eigenvalue weighted by Crippen LogP contribution is -2.36. The van der Waals surface area contributed by atoms with Gasteiger partial charge >= 0.3 is 6.18 Å². The lowest BCUT2D eigenvalue weighted by molar-refractivity contribution is -0.139. The summed E-state index contributed by atoms with van der Waals surface area (Å²) >= 11 is 0. The summed E-state index contributed by atoms with van der Waals surface area (Å²) in [4.78, 5) is 38.2. The van der Waals surface area contributed by atoms with Crippen molar-refractivity contribution in [2.24, 2.45) is 23.5 Å². The molecule has 41 heavy (non-hydrogen) atoms. The van der Waals surface area contributed by atoms with Crippen molar-refractivity contribution in [3.8, 4) is 6.07 Å². The Morgan fingerprint density at radius 2 is 1.71 bits per heavy atom. The first kappa shape index (κ1) is 30.0. The molecule has 1 aromatic heterocycles. The first-order valence-electron chi connectivity index (χ1n) is 13.5. The van der Waals surface area contributed by atoms with Crippen LogP contribution in [0.1, 0.15) is 91.6 Å². The molecule has 1 heterocycles. The van der Waals surface area contributed by atoms with Gasteiger partial charge in [-0.05, 0) is 88.0 Å². The van der Waals surface area contributed by atoms with Crippen LogP contribution in [0.2, 0.25) is 0 Å². The Bertz CT molecular complexity index is 1380. The Hall–Kier alpha value is -3.95. The van der Waals surface area contributed by atoms with Gasteiger partial charge in [0.15, 0.2) is 0 Å². The van der Waals surface area contributed by atoms with Crippen LogP contribution < -0.4 is 16.4 Å². The number of carbonyl (C=O) groups is 3. The Labute approximate surface area is 234 Å². The fourth-order valence-corrected chi connectivity index (χ4v) is 5.37. The second-order valence-electron chi connectivity index (χ2n) is 11.2. The molecule has 0 aliphatic heterocycles. The van der Waals surface area contributed by atoms with Crippen LogP contribution in [0.5, 0.6) is 0 Å². The smallest absolute Gasteiger partial charge is 0.364 e. The third-order valence-corrected chi connectivity index (χ3v) is 7.66. The molecule has 2 aliphatic carbocycles. The molecule has 2 saturated carbocycles. The molecule has 2 fully saturated rings. The Balaban J connectivity index is 1.66. The van der Waals surface area contributed by atoms with Crippen molar-refractivity contribution in [2.75, 3.05) is 11.9 Å². The van der Waals surface area contributed by atoms with E-state index in [1.807, 2.05) is 19.9 Å². The zero-order valence-electron chi connectivity index (χ0n) is 22.9. The maximum Gasteiger partial charge on any atom is 0.405 e. The number of rotatable bonds is 11. The minimum atomic E-state index is -4.63. The molecule has 0 radical (unpaired) electrons. The molecule has 2 aliphatic rings. The van der Waals surface area contributed by atoms with Crippen LogP contribution in [-0.2, 0) is 9.59 Å². The highest BCUT2D eigenvalue weighted by Gasteiger charge is 2.49. The van der Waals surface area contributed by atoms with Crippen LogP contribution in [0.4, 0.5) is 23.2 Å². The summed E-state index contributed by atoms with van der Waals surface area (Å²) in [6.45, 7) is 3.33. The van der Waals surface area contributed by atoms with E-state index in [4.69, 9.17) is 5.73 Å². The fraction of sp³-hybridized carbons (Fsp3) is 0.536. The topological polar surface area (TPSA) is 143 Å². The number of nitrogens with one attached hydrogen (secondary N) is 2. The van der Waals surface area contributed by atoms with E-state index in [2.05, 4.69) is 10.4 Å². The van der Waals surface area contributed by atoms with Crippen LogP contribution in [0.15, 0.2) is 18.2 Å². The number of aromatic nitrogens is 2. The van der Waals surface area contributed by atoms with Crippen LogP contribution in [0.3, 0.4) is 0 Å². The van der Waals surface area contributed by atoms with E-state index in [9.17, 15) is 32.8 Å². The van der Waals surface area contributed by atoms with E-state index >= 15 is 4.39 Å². The van der Waals surface area contributed by atoms with Gasteiger partial charge in [-0.3, -0.25) is 19.1 Å². The number of anilines is 1. The van der Waals surface area contributed by atoms with E-state index in [1.54, 1.807) is 5.32 Å². The monoisotopic (exact) mass is 576 g/mol. The summed E-state index contributed by atoms with van der Waals surface area (Å²) < 4.78 is 54.3. The van der Waals surface area contributed by atoms with Gasteiger partial charge in [-0.1, -0.05) is 0 Å². The number of primary amides is 1. The molecular formula is C28H32F4N6O3. The molecule has 0 saturated heterocycles.